The van der Waals surface area contributed by atoms with E-state index in [2.05, 4.69) is 5.32 Å². The number of carbonyl (C=O) groups excluding carboxylic acids is 2. The fraction of sp³-hybridized carbons (Fsp3) is 0.333. The minimum atomic E-state index is -0.700. The van der Waals surface area contributed by atoms with Crippen LogP contribution >= 0.6 is 11.6 Å². The number of amides is 1. The van der Waals surface area contributed by atoms with Crippen molar-refractivity contribution in [2.45, 2.75) is 40.7 Å². The van der Waals surface area contributed by atoms with Crippen LogP contribution in [0.15, 0.2) is 30.3 Å². The van der Waals surface area contributed by atoms with Gasteiger partial charge < -0.3 is 14.8 Å². The van der Waals surface area contributed by atoms with Gasteiger partial charge in [0.1, 0.15) is 5.75 Å². The lowest BCUT2D eigenvalue weighted by Gasteiger charge is -2.17. The molecule has 2 aromatic rings. The second-order valence-corrected chi connectivity index (χ2v) is 6.75. The molecule has 6 heteroatoms. The second kappa shape index (κ2) is 8.91. The summed E-state index contributed by atoms with van der Waals surface area (Å²) in [5.41, 5.74) is 3.62. The Labute approximate surface area is 164 Å². The lowest BCUT2D eigenvalue weighted by atomic mass is 10.1. The summed E-state index contributed by atoms with van der Waals surface area (Å²) in [6.07, 6.45) is -0.700. The molecule has 2 aromatic carbocycles. The first-order valence-electron chi connectivity index (χ1n) is 8.75. The van der Waals surface area contributed by atoms with Gasteiger partial charge in [0.25, 0.3) is 5.91 Å². The van der Waals surface area contributed by atoms with Gasteiger partial charge in [-0.15, -0.1) is 0 Å². The van der Waals surface area contributed by atoms with Crippen LogP contribution in [0.1, 0.15) is 40.9 Å². The standard InChI is InChI=1S/C21H24ClNO4/c1-6-26-21(25)16-7-8-18(12(2)9-16)23-20(24)15(5)27-17-10-13(3)19(22)14(4)11-17/h7-11,15H,6H2,1-5H3,(H,23,24)/t15-/m1/s1. The zero-order valence-electron chi connectivity index (χ0n) is 16.2. The lowest BCUT2D eigenvalue weighted by molar-refractivity contribution is -0.122. The minimum Gasteiger partial charge on any atom is -0.481 e. The van der Waals surface area contributed by atoms with Gasteiger partial charge in [-0.2, -0.15) is 0 Å². The molecule has 0 aromatic heterocycles. The number of hydrogen-bond donors (Lipinski definition) is 1. The molecule has 1 amide bonds. The predicted octanol–water partition coefficient (Wildman–Crippen LogP) is 4.85. The fourth-order valence-corrected chi connectivity index (χ4v) is 2.72. The molecule has 144 valence electrons. The number of ether oxygens (including phenoxy) is 2. The van der Waals surface area contributed by atoms with Crippen LogP contribution in [0.5, 0.6) is 5.75 Å². The summed E-state index contributed by atoms with van der Waals surface area (Å²) in [6, 6.07) is 8.60. The number of halogens is 1. The van der Waals surface area contributed by atoms with Gasteiger partial charge in [-0.25, -0.2) is 4.79 Å². The topological polar surface area (TPSA) is 64.6 Å². The van der Waals surface area contributed by atoms with E-state index in [1.54, 1.807) is 44.2 Å². The average molecular weight is 390 g/mol. The third-order valence-corrected chi connectivity index (χ3v) is 4.68. The molecule has 0 saturated carbocycles. The van der Waals surface area contributed by atoms with Crippen molar-refractivity contribution in [1.29, 1.82) is 0 Å². The number of anilines is 1. The van der Waals surface area contributed by atoms with E-state index in [0.717, 1.165) is 16.7 Å². The van der Waals surface area contributed by atoms with Crippen LogP contribution in [0, 0.1) is 20.8 Å². The predicted molar refractivity (Wildman–Crippen MR) is 107 cm³/mol. The Hall–Kier alpha value is -2.53. The van der Waals surface area contributed by atoms with Crippen molar-refractivity contribution in [3.8, 4) is 5.75 Å². The number of carbonyl (C=O) groups is 2. The Morgan fingerprint density at radius 2 is 1.70 bits per heavy atom. The molecular weight excluding hydrogens is 366 g/mol. The molecule has 0 bridgehead atoms. The number of aryl methyl sites for hydroxylation is 3. The summed E-state index contributed by atoms with van der Waals surface area (Å²) < 4.78 is 10.7. The SMILES string of the molecule is CCOC(=O)c1ccc(NC(=O)[C@@H](C)Oc2cc(C)c(Cl)c(C)c2)c(C)c1. The molecule has 2 rings (SSSR count). The number of benzene rings is 2. The number of hydrogen-bond acceptors (Lipinski definition) is 4. The fourth-order valence-electron chi connectivity index (χ4n) is 2.61. The van der Waals surface area contributed by atoms with Gasteiger partial charge in [0.15, 0.2) is 6.10 Å². The first-order chi connectivity index (χ1) is 12.7. The van der Waals surface area contributed by atoms with Gasteiger partial charge in [-0.1, -0.05) is 11.6 Å². The zero-order chi connectivity index (χ0) is 20.1. The molecule has 0 aliphatic carbocycles. The molecule has 0 saturated heterocycles. The third kappa shape index (κ3) is 5.23. The van der Waals surface area contributed by atoms with Gasteiger partial charge >= 0.3 is 5.97 Å². The summed E-state index contributed by atoms with van der Waals surface area (Å²) in [4.78, 5) is 24.3. The molecular formula is C21H24ClNO4. The smallest absolute Gasteiger partial charge is 0.338 e. The maximum atomic E-state index is 12.5. The molecule has 0 unspecified atom stereocenters. The summed E-state index contributed by atoms with van der Waals surface area (Å²) in [6.45, 7) is 9.34. The zero-order valence-corrected chi connectivity index (χ0v) is 16.9. The molecule has 1 atom stereocenters. The Morgan fingerprint density at radius 1 is 1.07 bits per heavy atom. The highest BCUT2D eigenvalue weighted by Gasteiger charge is 2.17. The average Bonchev–Trinajstić information content (AvgIpc) is 2.61. The largest absolute Gasteiger partial charge is 0.481 e. The molecule has 0 fully saturated rings. The number of nitrogens with one attached hydrogen (secondary N) is 1. The van der Waals surface area contributed by atoms with Crippen molar-refractivity contribution in [1.82, 2.24) is 0 Å². The molecule has 0 heterocycles. The van der Waals surface area contributed by atoms with E-state index in [4.69, 9.17) is 21.1 Å². The molecule has 0 aliphatic rings. The van der Waals surface area contributed by atoms with Crippen molar-refractivity contribution in [3.63, 3.8) is 0 Å². The highest BCUT2D eigenvalue weighted by Crippen LogP contribution is 2.26. The normalized spacial score (nSPS) is 11.6. The van der Waals surface area contributed by atoms with Crippen LogP contribution < -0.4 is 10.1 Å². The monoisotopic (exact) mass is 389 g/mol. The summed E-state index contributed by atoms with van der Waals surface area (Å²) >= 11 is 6.16. The Kier molecular flexibility index (Phi) is 6.86. The second-order valence-electron chi connectivity index (χ2n) is 6.37. The van der Waals surface area contributed by atoms with E-state index in [1.807, 2.05) is 20.8 Å². The van der Waals surface area contributed by atoms with Gasteiger partial charge in [0, 0.05) is 10.7 Å². The lowest BCUT2D eigenvalue weighted by Crippen LogP contribution is -2.30. The summed E-state index contributed by atoms with van der Waals surface area (Å²) in [5, 5.41) is 3.52. The Bertz CT molecular complexity index is 840. The first-order valence-corrected chi connectivity index (χ1v) is 9.12. The van der Waals surface area contributed by atoms with Gasteiger partial charge in [-0.05, 0) is 81.6 Å². The van der Waals surface area contributed by atoms with Crippen molar-refractivity contribution in [2.24, 2.45) is 0 Å². The molecule has 27 heavy (non-hydrogen) atoms. The van der Waals surface area contributed by atoms with Crippen LogP contribution in [0.2, 0.25) is 5.02 Å². The van der Waals surface area contributed by atoms with E-state index in [0.29, 0.717) is 28.6 Å². The Balaban J connectivity index is 2.07. The quantitative estimate of drug-likeness (QED) is 0.717. The maximum absolute atomic E-state index is 12.5. The van der Waals surface area contributed by atoms with E-state index >= 15 is 0 Å². The molecule has 1 N–H and O–H groups in total. The molecule has 0 aliphatic heterocycles. The van der Waals surface area contributed by atoms with Crippen molar-refractivity contribution in [3.05, 3.63) is 57.6 Å². The highest BCUT2D eigenvalue weighted by molar-refractivity contribution is 6.32. The van der Waals surface area contributed by atoms with E-state index < -0.39 is 6.10 Å². The Morgan fingerprint density at radius 3 is 2.26 bits per heavy atom. The molecule has 5 nitrogen and oxygen atoms in total. The number of esters is 1. The van der Waals surface area contributed by atoms with Gasteiger partial charge in [0.05, 0.1) is 12.2 Å². The van der Waals surface area contributed by atoms with Crippen molar-refractivity contribution >= 4 is 29.2 Å². The minimum absolute atomic E-state index is 0.285. The highest BCUT2D eigenvalue weighted by atomic mass is 35.5. The van der Waals surface area contributed by atoms with Gasteiger partial charge in [-0.3, -0.25) is 4.79 Å². The summed E-state index contributed by atoms with van der Waals surface area (Å²) in [5.74, 6) is -0.0812. The molecule has 0 radical (unpaired) electrons. The maximum Gasteiger partial charge on any atom is 0.338 e. The van der Waals surface area contributed by atoms with E-state index in [9.17, 15) is 9.59 Å². The van der Waals surface area contributed by atoms with Gasteiger partial charge in [0.2, 0.25) is 0 Å². The van der Waals surface area contributed by atoms with E-state index in [-0.39, 0.29) is 11.9 Å². The number of rotatable bonds is 6. The van der Waals surface area contributed by atoms with Crippen LogP contribution in [-0.4, -0.2) is 24.6 Å². The summed E-state index contributed by atoms with van der Waals surface area (Å²) in [7, 11) is 0. The molecule has 0 spiro atoms. The van der Waals surface area contributed by atoms with Crippen LogP contribution in [0.25, 0.3) is 0 Å². The van der Waals surface area contributed by atoms with Crippen LogP contribution in [0.3, 0.4) is 0 Å². The van der Waals surface area contributed by atoms with Crippen LogP contribution in [-0.2, 0) is 9.53 Å². The third-order valence-electron chi connectivity index (χ3n) is 4.09. The van der Waals surface area contributed by atoms with E-state index in [1.165, 1.54) is 0 Å². The first kappa shape index (κ1) is 20.8. The van der Waals surface area contributed by atoms with Crippen molar-refractivity contribution < 1.29 is 19.1 Å². The van der Waals surface area contributed by atoms with Crippen molar-refractivity contribution in [2.75, 3.05) is 11.9 Å². The van der Waals surface area contributed by atoms with Crippen LogP contribution in [0.4, 0.5) is 5.69 Å².